The van der Waals surface area contributed by atoms with Gasteiger partial charge in [0.1, 0.15) is 11.6 Å². The van der Waals surface area contributed by atoms with Crippen LogP contribution in [-0.2, 0) is 11.2 Å². The molecule has 0 aliphatic rings. The molecule has 2 N–H and O–H groups in total. The molecule has 1 amide bonds. The highest BCUT2D eigenvalue weighted by molar-refractivity contribution is 7.18. The first kappa shape index (κ1) is 23.7. The predicted molar refractivity (Wildman–Crippen MR) is 143 cm³/mol. The summed E-state index contributed by atoms with van der Waals surface area (Å²) < 4.78 is 6.73. The molecule has 0 unspecified atom stereocenters. The number of ether oxygens (including phenoxy) is 1. The maximum atomic E-state index is 13.1. The molecule has 2 heterocycles. The summed E-state index contributed by atoms with van der Waals surface area (Å²) in [7, 11) is 1.58. The van der Waals surface area contributed by atoms with Gasteiger partial charge in [-0.1, -0.05) is 6.07 Å². The van der Waals surface area contributed by atoms with Crippen molar-refractivity contribution in [3.8, 4) is 17.1 Å². The van der Waals surface area contributed by atoms with Crippen LogP contribution in [0.15, 0.2) is 48.5 Å². The van der Waals surface area contributed by atoms with E-state index in [9.17, 15) is 9.59 Å². The van der Waals surface area contributed by atoms with Gasteiger partial charge in [-0.3, -0.25) is 9.59 Å². The van der Waals surface area contributed by atoms with Crippen molar-refractivity contribution in [3.63, 3.8) is 0 Å². The van der Waals surface area contributed by atoms with Crippen LogP contribution in [-0.4, -0.2) is 40.3 Å². The highest BCUT2D eigenvalue weighted by atomic mass is 32.1. The van der Waals surface area contributed by atoms with Gasteiger partial charge in [-0.15, -0.1) is 11.3 Å². The van der Waals surface area contributed by atoms with Crippen molar-refractivity contribution in [3.05, 3.63) is 75.8 Å². The number of aromatic amines is 1. The largest absolute Gasteiger partial charge is 0.484 e. The molecule has 7 nitrogen and oxygen atoms in total. The number of likely N-dealkylation sites (N-methyl/N-ethyl adjacent to an activating group) is 1. The van der Waals surface area contributed by atoms with Crippen LogP contribution in [0, 0.1) is 20.8 Å². The van der Waals surface area contributed by atoms with Gasteiger partial charge < -0.3 is 15.0 Å². The molecule has 0 aliphatic heterocycles. The second kappa shape index (κ2) is 9.54. The third-order valence-corrected chi connectivity index (χ3v) is 7.07. The van der Waals surface area contributed by atoms with E-state index in [-0.39, 0.29) is 18.3 Å². The zero-order chi connectivity index (χ0) is 25.4. The number of amides is 1. The Kier molecular flexibility index (Phi) is 6.28. The Hall–Kier alpha value is -4.04. The van der Waals surface area contributed by atoms with Crippen molar-refractivity contribution in [1.29, 1.82) is 0 Å². The van der Waals surface area contributed by atoms with Crippen LogP contribution in [0.25, 0.3) is 32.6 Å². The number of carbonyl (C=O) groups excluding carboxylic acids is 2. The zero-order valence-corrected chi connectivity index (χ0v) is 21.4. The quantitative estimate of drug-likeness (QED) is 0.296. The zero-order valence-electron chi connectivity index (χ0n) is 20.6. The molecule has 0 fully saturated rings. The lowest BCUT2D eigenvalue weighted by molar-refractivity contribution is -0.122. The standard InChI is InChI=1S/C28H26N4O3S/c1-15-9-20(35-14-26(34)29-4)10-16(2)27(15)28-31-21-7-6-19(13-22(21)32-28)24(33)12-18-5-8-25-23(11-18)30-17(3)36-25/h5-11,13H,12,14H2,1-4H3,(H,29,34)(H,31,32). The first-order valence-corrected chi connectivity index (χ1v) is 12.5. The molecule has 36 heavy (non-hydrogen) atoms. The number of nitrogens with one attached hydrogen (secondary N) is 2. The van der Waals surface area contributed by atoms with Crippen LogP contribution >= 0.6 is 11.3 Å². The maximum absolute atomic E-state index is 13.1. The number of aryl methyl sites for hydroxylation is 3. The van der Waals surface area contributed by atoms with Gasteiger partial charge in [0, 0.05) is 24.6 Å². The number of carbonyl (C=O) groups is 2. The molecule has 0 aliphatic carbocycles. The second-order valence-electron chi connectivity index (χ2n) is 8.85. The summed E-state index contributed by atoms with van der Waals surface area (Å²) in [6.07, 6.45) is 0.314. The number of aromatic nitrogens is 3. The van der Waals surface area contributed by atoms with Crippen LogP contribution in [0.1, 0.15) is 32.1 Å². The Balaban J connectivity index is 1.39. The van der Waals surface area contributed by atoms with Crippen molar-refractivity contribution in [1.82, 2.24) is 20.3 Å². The second-order valence-corrected chi connectivity index (χ2v) is 10.1. The summed E-state index contributed by atoms with van der Waals surface area (Å²) in [6.45, 7) is 5.92. The number of benzene rings is 3. The Morgan fingerprint density at radius 3 is 2.50 bits per heavy atom. The summed E-state index contributed by atoms with van der Waals surface area (Å²) in [5.74, 6) is 1.22. The molecule has 5 rings (SSSR count). The van der Waals surface area contributed by atoms with E-state index in [4.69, 9.17) is 9.72 Å². The monoisotopic (exact) mass is 498 g/mol. The van der Waals surface area contributed by atoms with E-state index in [0.717, 1.165) is 54.3 Å². The Bertz CT molecular complexity index is 1610. The Morgan fingerprint density at radius 1 is 0.972 bits per heavy atom. The number of thiazole rings is 1. The molecule has 0 bridgehead atoms. The molecule has 182 valence electrons. The summed E-state index contributed by atoms with van der Waals surface area (Å²) in [5.41, 5.74) is 7.05. The van der Waals surface area contributed by atoms with Crippen LogP contribution in [0.4, 0.5) is 0 Å². The number of Topliss-reactive ketones (excluding diaryl/α,β-unsaturated/α-hetero) is 1. The van der Waals surface area contributed by atoms with Gasteiger partial charge >= 0.3 is 0 Å². The first-order valence-electron chi connectivity index (χ1n) is 11.6. The molecule has 0 spiro atoms. The summed E-state index contributed by atoms with van der Waals surface area (Å²) in [6, 6.07) is 15.4. The summed E-state index contributed by atoms with van der Waals surface area (Å²) in [4.78, 5) is 37.2. The fourth-order valence-corrected chi connectivity index (χ4v) is 5.20. The van der Waals surface area contributed by atoms with Gasteiger partial charge in [0.25, 0.3) is 5.91 Å². The molecule has 5 aromatic rings. The van der Waals surface area contributed by atoms with E-state index in [1.807, 2.05) is 69.3 Å². The van der Waals surface area contributed by atoms with E-state index in [1.165, 1.54) is 0 Å². The molecular weight excluding hydrogens is 472 g/mol. The molecular formula is C28H26N4O3S. The number of hydrogen-bond acceptors (Lipinski definition) is 6. The number of ketones is 1. The minimum atomic E-state index is -0.184. The average Bonchev–Trinajstić information content (AvgIpc) is 3.43. The normalized spacial score (nSPS) is 11.2. The van der Waals surface area contributed by atoms with E-state index >= 15 is 0 Å². The molecule has 0 saturated heterocycles. The minimum Gasteiger partial charge on any atom is -0.484 e. The molecule has 8 heteroatoms. The highest BCUT2D eigenvalue weighted by Gasteiger charge is 2.15. The van der Waals surface area contributed by atoms with Gasteiger partial charge in [-0.25, -0.2) is 9.97 Å². The molecule has 2 aromatic heterocycles. The fourth-order valence-electron chi connectivity index (χ4n) is 4.39. The molecule has 0 saturated carbocycles. The van der Waals surface area contributed by atoms with Gasteiger partial charge in [0.05, 0.1) is 26.3 Å². The lowest BCUT2D eigenvalue weighted by Gasteiger charge is -2.11. The van der Waals surface area contributed by atoms with E-state index in [2.05, 4.69) is 15.3 Å². The van der Waals surface area contributed by atoms with Gasteiger partial charge in [-0.2, -0.15) is 0 Å². The van der Waals surface area contributed by atoms with Crippen molar-refractivity contribution in [2.75, 3.05) is 13.7 Å². The Morgan fingerprint density at radius 2 is 1.75 bits per heavy atom. The predicted octanol–water partition coefficient (Wildman–Crippen LogP) is 5.32. The number of imidazole rings is 1. The SMILES string of the molecule is CNC(=O)COc1cc(C)c(-c2nc3ccc(C(=O)Cc4ccc5sc(C)nc5c4)cc3[nH]2)c(C)c1. The smallest absolute Gasteiger partial charge is 0.257 e. The topological polar surface area (TPSA) is 97.0 Å². The van der Waals surface area contributed by atoms with Crippen LogP contribution in [0.5, 0.6) is 5.75 Å². The average molecular weight is 499 g/mol. The number of rotatable bonds is 7. The van der Waals surface area contributed by atoms with Crippen molar-refractivity contribution in [2.24, 2.45) is 0 Å². The molecule has 0 atom stereocenters. The number of H-pyrrole nitrogens is 1. The summed E-state index contributed by atoms with van der Waals surface area (Å²) in [5, 5.41) is 3.56. The fraction of sp³-hybridized carbons (Fsp3) is 0.214. The van der Waals surface area contributed by atoms with Gasteiger partial charge in [0.15, 0.2) is 12.4 Å². The summed E-state index contributed by atoms with van der Waals surface area (Å²) >= 11 is 1.65. The van der Waals surface area contributed by atoms with Crippen LogP contribution in [0.2, 0.25) is 0 Å². The third-order valence-electron chi connectivity index (χ3n) is 6.12. The van der Waals surface area contributed by atoms with E-state index in [1.54, 1.807) is 18.4 Å². The van der Waals surface area contributed by atoms with E-state index < -0.39 is 0 Å². The molecule has 0 radical (unpaired) electrons. The van der Waals surface area contributed by atoms with Crippen molar-refractivity contribution >= 4 is 44.3 Å². The lowest BCUT2D eigenvalue weighted by Crippen LogP contribution is -2.24. The number of fused-ring (bicyclic) bond motifs is 2. The number of hydrogen-bond donors (Lipinski definition) is 2. The van der Waals surface area contributed by atoms with Gasteiger partial charge in [-0.05, 0) is 79.9 Å². The number of nitrogens with zero attached hydrogens (tertiary/aromatic N) is 2. The first-order chi connectivity index (χ1) is 17.3. The Labute approximate surface area is 212 Å². The van der Waals surface area contributed by atoms with Crippen LogP contribution in [0.3, 0.4) is 0 Å². The van der Waals surface area contributed by atoms with Gasteiger partial charge in [0.2, 0.25) is 0 Å². The molecule has 3 aromatic carbocycles. The van der Waals surface area contributed by atoms with E-state index in [0.29, 0.717) is 17.7 Å². The van der Waals surface area contributed by atoms with Crippen LogP contribution < -0.4 is 10.1 Å². The van der Waals surface area contributed by atoms with Crippen molar-refractivity contribution in [2.45, 2.75) is 27.2 Å². The maximum Gasteiger partial charge on any atom is 0.257 e. The van der Waals surface area contributed by atoms with Crippen molar-refractivity contribution < 1.29 is 14.3 Å². The minimum absolute atomic E-state index is 0.0343. The highest BCUT2D eigenvalue weighted by Crippen LogP contribution is 2.31. The third kappa shape index (κ3) is 4.72. The lowest BCUT2D eigenvalue weighted by atomic mass is 10.0.